The van der Waals surface area contributed by atoms with Gasteiger partial charge in [0.15, 0.2) is 11.5 Å². The summed E-state index contributed by atoms with van der Waals surface area (Å²) in [7, 11) is 0. The summed E-state index contributed by atoms with van der Waals surface area (Å²) in [4.78, 5) is 15.9. The molecule has 0 radical (unpaired) electrons. The van der Waals surface area contributed by atoms with Crippen molar-refractivity contribution in [1.29, 1.82) is 0 Å². The van der Waals surface area contributed by atoms with Gasteiger partial charge in [0.25, 0.3) is 0 Å². The number of ketones is 1. The molecule has 1 heterocycles. The summed E-state index contributed by atoms with van der Waals surface area (Å²) in [5, 5.41) is 0.913. The molecule has 0 fully saturated rings. The molecule has 0 bridgehead atoms. The van der Waals surface area contributed by atoms with Gasteiger partial charge in [-0.3, -0.25) is 9.78 Å². The number of fused-ring (bicyclic) bond motifs is 1. The van der Waals surface area contributed by atoms with Crippen LogP contribution in [0.25, 0.3) is 10.9 Å². The van der Waals surface area contributed by atoms with Gasteiger partial charge in [0.05, 0.1) is 5.56 Å². The Morgan fingerprint density at radius 3 is 2.57 bits per heavy atom. The number of nitrogens with zero attached hydrogens (tertiary/aromatic N) is 1. The standard InChI is InChI=1S/C17H12FNO2/c1-11(20)16-13(18)7-3-8-14(16)21-15-9-2-5-12-6-4-10-19-17(12)15/h2-10H,1H3. The molecular weight excluding hydrogens is 269 g/mol. The van der Waals surface area contributed by atoms with Gasteiger partial charge in [0.1, 0.15) is 17.1 Å². The number of para-hydroxylation sites is 1. The van der Waals surface area contributed by atoms with Crippen LogP contribution in [-0.2, 0) is 0 Å². The summed E-state index contributed by atoms with van der Waals surface area (Å²) in [6, 6.07) is 13.5. The van der Waals surface area contributed by atoms with Gasteiger partial charge in [0.2, 0.25) is 0 Å². The largest absolute Gasteiger partial charge is 0.454 e. The van der Waals surface area contributed by atoms with E-state index in [0.717, 1.165) is 5.39 Å². The molecule has 0 aliphatic carbocycles. The van der Waals surface area contributed by atoms with E-state index in [1.807, 2.05) is 24.3 Å². The van der Waals surface area contributed by atoms with Gasteiger partial charge in [0, 0.05) is 11.6 Å². The molecule has 0 aliphatic rings. The minimum atomic E-state index is -0.590. The van der Waals surface area contributed by atoms with Crippen molar-refractivity contribution >= 4 is 16.7 Å². The summed E-state index contributed by atoms with van der Waals surface area (Å²) in [6.45, 7) is 1.31. The third kappa shape index (κ3) is 2.48. The number of benzene rings is 2. The van der Waals surface area contributed by atoms with Crippen molar-refractivity contribution < 1.29 is 13.9 Å². The van der Waals surface area contributed by atoms with E-state index in [-0.39, 0.29) is 17.1 Å². The molecule has 0 saturated carbocycles. The molecule has 0 aliphatic heterocycles. The van der Waals surface area contributed by atoms with E-state index in [9.17, 15) is 9.18 Å². The quantitative estimate of drug-likeness (QED) is 0.669. The van der Waals surface area contributed by atoms with Gasteiger partial charge >= 0.3 is 0 Å². The highest BCUT2D eigenvalue weighted by atomic mass is 19.1. The zero-order chi connectivity index (χ0) is 14.8. The van der Waals surface area contributed by atoms with Crippen molar-refractivity contribution in [3.63, 3.8) is 0 Å². The zero-order valence-corrected chi connectivity index (χ0v) is 11.3. The minimum absolute atomic E-state index is 0.0505. The molecule has 0 atom stereocenters. The molecule has 0 N–H and O–H groups in total. The van der Waals surface area contributed by atoms with Gasteiger partial charge < -0.3 is 4.74 Å². The molecule has 0 amide bonds. The van der Waals surface area contributed by atoms with Crippen molar-refractivity contribution in [1.82, 2.24) is 4.98 Å². The molecule has 4 heteroatoms. The van der Waals surface area contributed by atoms with E-state index < -0.39 is 5.82 Å². The second kappa shape index (κ2) is 5.32. The van der Waals surface area contributed by atoms with E-state index in [1.165, 1.54) is 19.1 Å². The number of halogens is 1. The maximum absolute atomic E-state index is 13.8. The number of Topliss-reactive ketones (excluding diaryl/α,β-unsaturated/α-hetero) is 1. The van der Waals surface area contributed by atoms with Gasteiger partial charge in [-0.05, 0) is 31.2 Å². The molecule has 2 aromatic carbocycles. The van der Waals surface area contributed by atoms with Crippen LogP contribution in [0.3, 0.4) is 0 Å². The number of carbonyl (C=O) groups excluding carboxylic acids is 1. The van der Waals surface area contributed by atoms with Gasteiger partial charge in [-0.15, -0.1) is 0 Å². The Morgan fingerprint density at radius 2 is 1.76 bits per heavy atom. The number of ether oxygens (including phenoxy) is 1. The van der Waals surface area contributed by atoms with Crippen LogP contribution in [0.2, 0.25) is 0 Å². The molecule has 0 spiro atoms. The second-order valence-electron chi connectivity index (χ2n) is 4.60. The summed E-state index contributed by atoms with van der Waals surface area (Å²) in [5.41, 5.74) is 0.615. The molecule has 3 nitrogen and oxygen atoms in total. The Balaban J connectivity index is 2.12. The third-order valence-corrected chi connectivity index (χ3v) is 3.14. The highest BCUT2D eigenvalue weighted by Gasteiger charge is 2.15. The van der Waals surface area contributed by atoms with Crippen molar-refractivity contribution in [2.75, 3.05) is 0 Å². The number of hydrogen-bond donors (Lipinski definition) is 0. The van der Waals surface area contributed by atoms with Crippen molar-refractivity contribution in [3.8, 4) is 11.5 Å². The Labute approximate surface area is 121 Å². The smallest absolute Gasteiger partial charge is 0.166 e. The molecular formula is C17H12FNO2. The Hall–Kier alpha value is -2.75. The van der Waals surface area contributed by atoms with Crippen LogP contribution < -0.4 is 4.74 Å². The van der Waals surface area contributed by atoms with E-state index in [0.29, 0.717) is 11.3 Å². The fraction of sp³-hybridized carbons (Fsp3) is 0.0588. The number of rotatable bonds is 3. The zero-order valence-electron chi connectivity index (χ0n) is 11.3. The molecule has 1 aromatic heterocycles. The van der Waals surface area contributed by atoms with E-state index in [4.69, 9.17) is 4.74 Å². The average molecular weight is 281 g/mol. The van der Waals surface area contributed by atoms with Crippen LogP contribution >= 0.6 is 0 Å². The topological polar surface area (TPSA) is 39.2 Å². The lowest BCUT2D eigenvalue weighted by Gasteiger charge is -2.11. The lowest BCUT2D eigenvalue weighted by atomic mass is 10.1. The van der Waals surface area contributed by atoms with E-state index in [2.05, 4.69) is 4.98 Å². The van der Waals surface area contributed by atoms with Gasteiger partial charge in [-0.2, -0.15) is 0 Å². The monoisotopic (exact) mass is 281 g/mol. The van der Waals surface area contributed by atoms with Crippen molar-refractivity contribution in [2.45, 2.75) is 6.92 Å². The van der Waals surface area contributed by atoms with Gasteiger partial charge in [-0.1, -0.05) is 24.3 Å². The van der Waals surface area contributed by atoms with Crippen LogP contribution in [0.15, 0.2) is 54.7 Å². The molecule has 104 valence electrons. The lowest BCUT2D eigenvalue weighted by molar-refractivity contribution is 0.101. The maximum Gasteiger partial charge on any atom is 0.166 e. The van der Waals surface area contributed by atoms with Gasteiger partial charge in [-0.25, -0.2) is 4.39 Å². The van der Waals surface area contributed by atoms with Crippen molar-refractivity contribution in [3.05, 3.63) is 66.1 Å². The number of aromatic nitrogens is 1. The number of carbonyl (C=O) groups is 1. The Kier molecular flexibility index (Phi) is 3.36. The van der Waals surface area contributed by atoms with E-state index in [1.54, 1.807) is 18.3 Å². The normalized spacial score (nSPS) is 10.6. The highest BCUT2D eigenvalue weighted by molar-refractivity contribution is 5.97. The van der Waals surface area contributed by atoms with Crippen LogP contribution in [0.1, 0.15) is 17.3 Å². The highest BCUT2D eigenvalue weighted by Crippen LogP contribution is 2.31. The second-order valence-corrected chi connectivity index (χ2v) is 4.60. The molecule has 3 rings (SSSR count). The summed E-state index contributed by atoms with van der Waals surface area (Å²) < 4.78 is 19.5. The third-order valence-electron chi connectivity index (χ3n) is 3.14. The maximum atomic E-state index is 13.8. The Bertz CT molecular complexity index is 825. The summed E-state index contributed by atoms with van der Waals surface area (Å²) in [6.07, 6.45) is 1.66. The van der Waals surface area contributed by atoms with Crippen LogP contribution in [-0.4, -0.2) is 10.8 Å². The molecule has 3 aromatic rings. The minimum Gasteiger partial charge on any atom is -0.454 e. The molecule has 0 unspecified atom stereocenters. The Morgan fingerprint density at radius 1 is 1.05 bits per heavy atom. The lowest BCUT2D eigenvalue weighted by Crippen LogP contribution is -2.01. The first kappa shape index (κ1) is 13.2. The summed E-state index contributed by atoms with van der Waals surface area (Å²) >= 11 is 0. The number of hydrogen-bond acceptors (Lipinski definition) is 3. The first-order valence-corrected chi connectivity index (χ1v) is 6.48. The first-order valence-electron chi connectivity index (χ1n) is 6.48. The SMILES string of the molecule is CC(=O)c1c(F)cccc1Oc1cccc2cccnc12. The predicted octanol–water partition coefficient (Wildman–Crippen LogP) is 4.37. The average Bonchev–Trinajstić information content (AvgIpc) is 2.47. The van der Waals surface area contributed by atoms with Crippen LogP contribution in [0.5, 0.6) is 11.5 Å². The fourth-order valence-electron chi connectivity index (χ4n) is 2.21. The fourth-order valence-corrected chi connectivity index (χ4v) is 2.21. The van der Waals surface area contributed by atoms with Crippen LogP contribution in [0, 0.1) is 5.82 Å². The summed E-state index contributed by atoms with van der Waals surface area (Å²) in [5.74, 6) is -0.286. The first-order chi connectivity index (χ1) is 10.2. The van der Waals surface area contributed by atoms with Crippen LogP contribution in [0.4, 0.5) is 4.39 Å². The predicted molar refractivity (Wildman–Crippen MR) is 78.2 cm³/mol. The molecule has 0 saturated heterocycles. The molecule has 21 heavy (non-hydrogen) atoms. The number of pyridine rings is 1. The van der Waals surface area contributed by atoms with E-state index >= 15 is 0 Å². The van der Waals surface area contributed by atoms with Crippen molar-refractivity contribution in [2.24, 2.45) is 0 Å².